The van der Waals surface area contributed by atoms with Gasteiger partial charge in [0.15, 0.2) is 5.13 Å². The van der Waals surface area contributed by atoms with E-state index in [2.05, 4.69) is 4.98 Å². The Kier molecular flexibility index (Phi) is 5.71. The Balaban J connectivity index is 1.53. The Labute approximate surface area is 212 Å². The third kappa shape index (κ3) is 4.12. The number of pyridine rings is 2. The van der Waals surface area contributed by atoms with Gasteiger partial charge in [-0.05, 0) is 42.8 Å². The minimum atomic E-state index is -0.131. The Bertz CT molecular complexity index is 1700. The van der Waals surface area contributed by atoms with Crippen LogP contribution in [0.1, 0.15) is 21.6 Å². The molecule has 0 aliphatic rings. The molecular weight excluding hydrogens is 464 g/mol. The molecule has 6 heteroatoms. The van der Waals surface area contributed by atoms with Crippen LogP contribution < -0.4 is 4.90 Å². The summed E-state index contributed by atoms with van der Waals surface area (Å²) in [6.45, 7) is 2.36. The van der Waals surface area contributed by atoms with Gasteiger partial charge in [-0.25, -0.2) is 9.97 Å². The van der Waals surface area contributed by atoms with Crippen molar-refractivity contribution in [2.75, 3.05) is 4.90 Å². The quantitative estimate of drug-likeness (QED) is 0.262. The van der Waals surface area contributed by atoms with Crippen LogP contribution in [0.25, 0.3) is 32.4 Å². The molecule has 0 spiro atoms. The molecule has 0 radical (unpaired) electrons. The normalized spacial score (nSPS) is 11.1. The molecule has 0 saturated heterocycles. The van der Waals surface area contributed by atoms with Gasteiger partial charge in [0, 0.05) is 17.1 Å². The first-order chi connectivity index (χ1) is 17.7. The summed E-state index contributed by atoms with van der Waals surface area (Å²) in [5, 5.41) is 1.46. The fourth-order valence-electron chi connectivity index (χ4n) is 4.32. The van der Waals surface area contributed by atoms with Gasteiger partial charge in [0.2, 0.25) is 0 Å². The maximum absolute atomic E-state index is 14.3. The number of thiazole rings is 1. The molecule has 0 saturated carbocycles. The summed E-state index contributed by atoms with van der Waals surface area (Å²) in [4.78, 5) is 30.3. The van der Waals surface area contributed by atoms with Gasteiger partial charge in [-0.3, -0.25) is 14.7 Å². The lowest BCUT2D eigenvalue weighted by molar-refractivity contribution is 0.0986. The van der Waals surface area contributed by atoms with Crippen LogP contribution in [0, 0.1) is 6.92 Å². The maximum Gasteiger partial charge on any atom is 0.261 e. The smallest absolute Gasteiger partial charge is 0.261 e. The molecule has 5 nitrogen and oxygen atoms in total. The van der Waals surface area contributed by atoms with Crippen molar-refractivity contribution in [3.05, 3.63) is 120 Å². The van der Waals surface area contributed by atoms with Gasteiger partial charge in [-0.2, -0.15) is 0 Å². The van der Waals surface area contributed by atoms with Crippen LogP contribution in [-0.2, 0) is 6.54 Å². The van der Waals surface area contributed by atoms with Crippen molar-refractivity contribution < 1.29 is 4.79 Å². The van der Waals surface area contributed by atoms with Crippen LogP contribution in [0.3, 0.4) is 0 Å². The SMILES string of the molecule is Cc1cccc2sc(N(Cc3ccccn3)C(=O)c3cc(-c4ccccc4)nc4ccccc34)nc12. The lowest BCUT2D eigenvalue weighted by Crippen LogP contribution is -2.31. The number of carbonyl (C=O) groups excluding carboxylic acids is 1. The first kappa shape index (κ1) is 22.1. The monoisotopic (exact) mass is 486 g/mol. The van der Waals surface area contributed by atoms with Gasteiger partial charge in [-0.1, -0.05) is 78.1 Å². The van der Waals surface area contributed by atoms with E-state index in [1.807, 2.05) is 104 Å². The third-order valence-corrected chi connectivity index (χ3v) is 7.19. The largest absolute Gasteiger partial charge is 0.278 e. The zero-order valence-electron chi connectivity index (χ0n) is 19.6. The summed E-state index contributed by atoms with van der Waals surface area (Å²) < 4.78 is 1.05. The molecular formula is C30H22N4OS. The van der Waals surface area contributed by atoms with Crippen LogP contribution in [0.5, 0.6) is 0 Å². The number of benzene rings is 3. The number of aromatic nitrogens is 3. The van der Waals surface area contributed by atoms with Crippen molar-refractivity contribution in [3.8, 4) is 11.3 Å². The highest BCUT2D eigenvalue weighted by Gasteiger charge is 2.25. The summed E-state index contributed by atoms with van der Waals surface area (Å²) in [6, 6.07) is 31.5. The maximum atomic E-state index is 14.3. The van der Waals surface area contributed by atoms with E-state index in [-0.39, 0.29) is 5.91 Å². The van der Waals surface area contributed by atoms with E-state index < -0.39 is 0 Å². The van der Waals surface area contributed by atoms with Gasteiger partial charge >= 0.3 is 0 Å². The minimum Gasteiger partial charge on any atom is -0.278 e. The zero-order chi connectivity index (χ0) is 24.5. The van der Waals surface area contributed by atoms with Gasteiger partial charge in [0.05, 0.1) is 39.2 Å². The number of aryl methyl sites for hydroxylation is 1. The highest BCUT2D eigenvalue weighted by atomic mass is 32.1. The number of fused-ring (bicyclic) bond motifs is 2. The Morgan fingerprint density at radius 1 is 0.861 bits per heavy atom. The molecule has 0 N–H and O–H groups in total. The van der Waals surface area contributed by atoms with Gasteiger partial charge < -0.3 is 0 Å². The summed E-state index contributed by atoms with van der Waals surface area (Å²) in [7, 11) is 0. The molecule has 0 fully saturated rings. The molecule has 6 aromatic rings. The molecule has 0 aliphatic heterocycles. The number of nitrogens with zero attached hydrogens (tertiary/aromatic N) is 4. The van der Waals surface area contributed by atoms with Crippen LogP contribution in [0.4, 0.5) is 5.13 Å². The number of amides is 1. The number of para-hydroxylation sites is 2. The highest BCUT2D eigenvalue weighted by molar-refractivity contribution is 7.22. The first-order valence-corrected chi connectivity index (χ1v) is 12.5. The van der Waals surface area contributed by atoms with E-state index in [0.717, 1.165) is 43.6 Å². The van der Waals surface area contributed by atoms with Crippen molar-refractivity contribution in [1.82, 2.24) is 15.0 Å². The van der Waals surface area contributed by atoms with E-state index in [1.54, 1.807) is 11.1 Å². The predicted molar refractivity (Wildman–Crippen MR) is 146 cm³/mol. The van der Waals surface area contributed by atoms with E-state index in [1.165, 1.54) is 11.3 Å². The molecule has 3 aromatic carbocycles. The van der Waals surface area contributed by atoms with E-state index in [0.29, 0.717) is 17.2 Å². The molecule has 6 rings (SSSR count). The Hall–Kier alpha value is -4.42. The van der Waals surface area contributed by atoms with Crippen LogP contribution >= 0.6 is 11.3 Å². The molecule has 3 aromatic heterocycles. The number of hydrogen-bond acceptors (Lipinski definition) is 5. The zero-order valence-corrected chi connectivity index (χ0v) is 20.4. The molecule has 174 valence electrons. The molecule has 0 atom stereocenters. The van der Waals surface area contributed by atoms with Gasteiger partial charge in [0.25, 0.3) is 5.91 Å². The summed E-state index contributed by atoms with van der Waals surface area (Å²) in [5.41, 5.74) is 5.89. The van der Waals surface area contributed by atoms with Crippen molar-refractivity contribution in [3.63, 3.8) is 0 Å². The van der Waals surface area contributed by atoms with Crippen molar-refractivity contribution in [2.45, 2.75) is 13.5 Å². The summed E-state index contributed by atoms with van der Waals surface area (Å²) >= 11 is 1.52. The van der Waals surface area contributed by atoms with Crippen molar-refractivity contribution in [1.29, 1.82) is 0 Å². The second-order valence-corrected chi connectivity index (χ2v) is 9.58. The van der Waals surface area contributed by atoms with Crippen LogP contribution in [0.15, 0.2) is 103 Å². The third-order valence-electron chi connectivity index (χ3n) is 6.15. The van der Waals surface area contributed by atoms with Gasteiger partial charge in [-0.15, -0.1) is 0 Å². The molecule has 1 amide bonds. The molecule has 36 heavy (non-hydrogen) atoms. The number of carbonyl (C=O) groups is 1. The standard InChI is InChI=1S/C30H22N4OS/c1-20-10-9-16-27-28(20)33-30(36-27)34(19-22-13-7-8-17-31-22)29(35)24-18-26(21-11-3-2-4-12-21)32-25-15-6-5-14-23(24)25/h2-18H,19H2,1H3. The average Bonchev–Trinajstić information content (AvgIpc) is 3.37. The van der Waals surface area contributed by atoms with Crippen LogP contribution in [0.2, 0.25) is 0 Å². The van der Waals surface area contributed by atoms with Gasteiger partial charge in [0.1, 0.15) is 0 Å². The summed E-state index contributed by atoms with van der Waals surface area (Å²) in [6.07, 6.45) is 1.75. The summed E-state index contributed by atoms with van der Waals surface area (Å²) in [5.74, 6) is -0.131. The van der Waals surface area contributed by atoms with Crippen molar-refractivity contribution in [2.24, 2.45) is 0 Å². The molecule has 3 heterocycles. The molecule has 0 unspecified atom stereocenters. The van der Waals surface area contributed by atoms with Crippen LogP contribution in [-0.4, -0.2) is 20.9 Å². The Morgan fingerprint density at radius 3 is 2.47 bits per heavy atom. The molecule has 0 bridgehead atoms. The lowest BCUT2D eigenvalue weighted by atomic mass is 10.0. The fourth-order valence-corrected chi connectivity index (χ4v) is 5.37. The molecule has 0 aliphatic carbocycles. The number of rotatable bonds is 5. The first-order valence-electron chi connectivity index (χ1n) is 11.7. The van der Waals surface area contributed by atoms with E-state index >= 15 is 0 Å². The van der Waals surface area contributed by atoms with E-state index in [9.17, 15) is 4.79 Å². The second-order valence-electron chi connectivity index (χ2n) is 8.57. The van der Waals surface area contributed by atoms with E-state index in [4.69, 9.17) is 9.97 Å². The predicted octanol–water partition coefficient (Wildman–Crippen LogP) is 7.06. The second kappa shape index (κ2) is 9.32. The average molecular weight is 487 g/mol. The topological polar surface area (TPSA) is 59.0 Å². The lowest BCUT2D eigenvalue weighted by Gasteiger charge is -2.21. The van der Waals surface area contributed by atoms with Crippen molar-refractivity contribution >= 4 is 43.5 Å². The fraction of sp³-hybridized carbons (Fsp3) is 0.0667. The highest BCUT2D eigenvalue weighted by Crippen LogP contribution is 2.34. The Morgan fingerprint density at radius 2 is 1.67 bits per heavy atom. The number of anilines is 1. The minimum absolute atomic E-state index is 0.131. The number of hydrogen-bond donors (Lipinski definition) is 0.